The first-order chi connectivity index (χ1) is 17.7. The highest BCUT2D eigenvalue weighted by molar-refractivity contribution is 7.62. The number of benzene rings is 1. The smallest absolute Gasteiger partial charge is 0.361 e. The molecule has 2 fully saturated rings. The van der Waals surface area contributed by atoms with E-state index in [0.717, 1.165) is 38.5 Å². The fraction of sp³-hybridized carbons (Fsp3) is 0.618. The van der Waals surface area contributed by atoms with Gasteiger partial charge in [-0.25, -0.2) is 0 Å². The second kappa shape index (κ2) is 17.3. The Labute approximate surface area is 283 Å². The quantitative estimate of drug-likeness (QED) is 0.220. The van der Waals surface area contributed by atoms with E-state index >= 15 is 0 Å². The highest BCUT2D eigenvalue weighted by Gasteiger charge is 2.62. The highest BCUT2D eigenvalue weighted by atomic mass is 32.1. The van der Waals surface area contributed by atoms with Gasteiger partial charge in [-0.3, -0.25) is 9.36 Å². The van der Waals surface area contributed by atoms with Gasteiger partial charge in [-0.2, -0.15) is 40.5 Å². The Morgan fingerprint density at radius 1 is 1.00 bits per heavy atom. The minimum atomic E-state index is -3.36. The van der Waals surface area contributed by atoms with Crippen LogP contribution in [-0.2, 0) is 18.4 Å². The molecule has 0 amide bonds. The van der Waals surface area contributed by atoms with Crippen molar-refractivity contribution in [2.45, 2.75) is 106 Å². The summed E-state index contributed by atoms with van der Waals surface area (Å²) in [5.41, 5.74) is 4.29. The van der Waals surface area contributed by atoms with E-state index in [9.17, 15) is 14.5 Å². The maximum atomic E-state index is 13.4. The van der Waals surface area contributed by atoms with Gasteiger partial charge in [0.25, 0.3) is 0 Å². The summed E-state index contributed by atoms with van der Waals surface area (Å²) in [6.07, 6.45) is 10.4. The van der Waals surface area contributed by atoms with E-state index in [0.29, 0.717) is 43.2 Å². The fourth-order valence-electron chi connectivity index (χ4n) is 8.04. The Balaban J connectivity index is 0. The van der Waals surface area contributed by atoms with Gasteiger partial charge in [0.15, 0.2) is 5.78 Å². The second-order valence-electron chi connectivity index (χ2n) is 11.5. The third kappa shape index (κ3) is 7.64. The van der Waals surface area contributed by atoms with Gasteiger partial charge >= 0.3 is 7.60 Å². The van der Waals surface area contributed by atoms with Crippen molar-refractivity contribution < 1.29 is 23.5 Å². The van der Waals surface area contributed by atoms with Crippen molar-refractivity contribution in [3.8, 4) is 0 Å². The van der Waals surface area contributed by atoms with Crippen LogP contribution in [0.2, 0.25) is 0 Å². The zero-order valence-electron chi connectivity index (χ0n) is 24.0. The summed E-state index contributed by atoms with van der Waals surface area (Å²) in [4.78, 5) is 12.3. The molecule has 5 atom stereocenters. The third-order valence-electron chi connectivity index (χ3n) is 9.75. The first-order valence-electron chi connectivity index (χ1n) is 14.0. The van der Waals surface area contributed by atoms with Crippen LogP contribution < -0.4 is 5.30 Å². The Bertz CT molecular complexity index is 1190. The minimum Gasteiger partial charge on any atom is -0.389 e. The standard InChI is InChI=1S/C31H41O5P.3CH4.3H2S/c1-5-17-31(33)18-16-28-26-14-10-22-19-23(32)11-15-25(22)29(26)27(20-30(28,31)4)21-8-12-24(13-9-21)37(34,35-6-2)36-7-3;;;;;;/h5,8-9,12-13,19,26-28,33H,1,6-7,10-11,14-18,20H2,2-4H3;3*1H4;3*1H2/t26-,27+,28-,30-,31-;;;;;;/m0....../s1. The zero-order valence-corrected chi connectivity index (χ0v) is 27.9. The van der Waals surface area contributed by atoms with E-state index in [-0.39, 0.29) is 79.9 Å². The van der Waals surface area contributed by atoms with Gasteiger partial charge < -0.3 is 14.2 Å². The van der Waals surface area contributed by atoms with Crippen molar-refractivity contribution in [1.82, 2.24) is 0 Å². The average molecular weight is 675 g/mol. The fourth-order valence-corrected chi connectivity index (χ4v) is 9.61. The normalized spacial score (nSPS) is 28.8. The molecule has 1 N–H and O–H groups in total. The summed E-state index contributed by atoms with van der Waals surface area (Å²) in [6, 6.07) is 7.94. The molecule has 5 nitrogen and oxygen atoms in total. The summed E-state index contributed by atoms with van der Waals surface area (Å²) in [6.45, 7) is 10.5. The molecule has 0 saturated heterocycles. The van der Waals surface area contributed by atoms with Crippen molar-refractivity contribution in [3.63, 3.8) is 0 Å². The molecule has 0 unspecified atom stereocenters. The van der Waals surface area contributed by atoms with Crippen LogP contribution in [0.3, 0.4) is 0 Å². The first kappa shape index (κ1) is 44.4. The maximum absolute atomic E-state index is 13.4. The van der Waals surface area contributed by atoms with Crippen LogP contribution in [0, 0.1) is 17.3 Å². The molecule has 0 aliphatic heterocycles. The Hall–Kier alpha value is -0.730. The predicted molar refractivity (Wildman–Crippen MR) is 198 cm³/mol. The molecule has 9 heteroatoms. The Morgan fingerprint density at radius 3 is 2.16 bits per heavy atom. The molecule has 248 valence electrons. The Kier molecular flexibility index (Phi) is 17.8. The SMILES string of the molecule is C.C.C.C=CC[C@]1(O)CC[C@H]2[C@@H]3CCC4=CC(=O)CCC4=C3[C@@H](c3ccc(P(=O)(OCC)OCC)cc3)C[C@@]21C.S.S.S. The summed E-state index contributed by atoms with van der Waals surface area (Å²) >= 11 is 0. The average Bonchev–Trinajstić information content (AvgIpc) is 3.14. The molecule has 0 heterocycles. The van der Waals surface area contributed by atoms with E-state index in [2.05, 4.69) is 25.6 Å². The number of carbonyl (C=O) groups is 1. The third-order valence-corrected chi connectivity index (χ3v) is 11.9. The number of fused-ring (bicyclic) bond motifs is 4. The topological polar surface area (TPSA) is 72.8 Å². The monoisotopic (exact) mass is 674 g/mol. The minimum absolute atomic E-state index is 0. The van der Waals surface area contributed by atoms with Crippen molar-refractivity contribution >= 4 is 59.2 Å². The van der Waals surface area contributed by atoms with Crippen molar-refractivity contribution in [2.24, 2.45) is 17.3 Å². The zero-order chi connectivity index (χ0) is 26.4. The lowest BCUT2D eigenvalue weighted by atomic mass is 9.51. The molecule has 0 radical (unpaired) electrons. The van der Waals surface area contributed by atoms with Gasteiger partial charge in [-0.15, -0.1) is 6.58 Å². The highest BCUT2D eigenvalue weighted by Crippen LogP contribution is 2.67. The van der Waals surface area contributed by atoms with E-state index in [4.69, 9.17) is 9.05 Å². The van der Waals surface area contributed by atoms with Crippen molar-refractivity contribution in [1.29, 1.82) is 0 Å². The molecule has 5 rings (SSSR count). The molecule has 4 aliphatic rings. The lowest BCUT2D eigenvalue weighted by Gasteiger charge is -2.55. The number of rotatable bonds is 8. The first-order valence-corrected chi connectivity index (χ1v) is 15.5. The van der Waals surface area contributed by atoms with Crippen LogP contribution >= 0.6 is 48.1 Å². The molecular formula is C34H59O5PS3. The van der Waals surface area contributed by atoms with Gasteiger partial charge in [0.05, 0.1) is 24.1 Å². The van der Waals surface area contributed by atoms with Gasteiger partial charge in [0, 0.05) is 17.8 Å². The maximum Gasteiger partial charge on any atom is 0.361 e. The van der Waals surface area contributed by atoms with Crippen LogP contribution in [0.15, 0.2) is 59.7 Å². The predicted octanol–water partition coefficient (Wildman–Crippen LogP) is 9.03. The number of allylic oxidation sites excluding steroid dienone is 4. The van der Waals surface area contributed by atoms with Gasteiger partial charge in [-0.05, 0) is 106 Å². The van der Waals surface area contributed by atoms with Gasteiger partial charge in [0.1, 0.15) is 0 Å². The summed E-state index contributed by atoms with van der Waals surface area (Å²) in [7, 11) is -3.36. The second-order valence-corrected chi connectivity index (χ2v) is 13.5. The van der Waals surface area contributed by atoms with Crippen LogP contribution in [0.5, 0.6) is 0 Å². The molecule has 1 aromatic rings. The number of ketones is 1. The number of carbonyl (C=O) groups excluding carboxylic acids is 1. The molecule has 1 aromatic carbocycles. The van der Waals surface area contributed by atoms with Crippen molar-refractivity contribution in [2.75, 3.05) is 13.2 Å². The lowest BCUT2D eigenvalue weighted by molar-refractivity contribution is -0.114. The molecule has 4 aliphatic carbocycles. The summed E-state index contributed by atoms with van der Waals surface area (Å²) in [5, 5.41) is 12.5. The molecule has 0 spiro atoms. The number of aliphatic hydroxyl groups is 1. The van der Waals surface area contributed by atoms with Crippen LogP contribution in [-0.4, -0.2) is 29.7 Å². The molecule has 2 saturated carbocycles. The number of hydrogen-bond acceptors (Lipinski definition) is 5. The van der Waals surface area contributed by atoms with E-state index in [1.54, 1.807) is 0 Å². The molecule has 0 bridgehead atoms. The summed E-state index contributed by atoms with van der Waals surface area (Å²) in [5.74, 6) is 1.20. The van der Waals surface area contributed by atoms with E-state index in [1.165, 1.54) is 22.3 Å². The van der Waals surface area contributed by atoms with E-state index < -0.39 is 13.2 Å². The van der Waals surface area contributed by atoms with E-state index in [1.807, 2.05) is 38.1 Å². The largest absolute Gasteiger partial charge is 0.389 e. The molecular weight excluding hydrogens is 616 g/mol. The van der Waals surface area contributed by atoms with Crippen LogP contribution in [0.4, 0.5) is 0 Å². The summed E-state index contributed by atoms with van der Waals surface area (Å²) < 4.78 is 24.5. The van der Waals surface area contributed by atoms with Gasteiger partial charge in [0.2, 0.25) is 0 Å². The number of hydrogen-bond donors (Lipinski definition) is 1. The molecule has 0 aromatic heterocycles. The Morgan fingerprint density at radius 2 is 1.60 bits per heavy atom. The van der Waals surface area contributed by atoms with Crippen LogP contribution in [0.1, 0.15) is 106 Å². The van der Waals surface area contributed by atoms with Gasteiger partial charge in [-0.1, -0.05) is 53.0 Å². The molecule has 43 heavy (non-hydrogen) atoms. The van der Waals surface area contributed by atoms with Crippen LogP contribution in [0.25, 0.3) is 0 Å². The lowest BCUT2D eigenvalue weighted by Crippen LogP contribution is -2.51. The van der Waals surface area contributed by atoms with Crippen molar-refractivity contribution in [3.05, 3.63) is 65.3 Å².